The highest BCUT2D eigenvalue weighted by Crippen LogP contribution is 2.30. The molecule has 2 N–H and O–H groups in total. The van der Waals surface area contributed by atoms with Gasteiger partial charge >= 0.3 is 0 Å². The molecule has 0 spiro atoms. The van der Waals surface area contributed by atoms with Crippen molar-refractivity contribution in [3.8, 4) is 10.6 Å². The predicted molar refractivity (Wildman–Crippen MR) is 97.8 cm³/mol. The number of carbonyl (C=O) groups is 1. The van der Waals surface area contributed by atoms with Gasteiger partial charge in [0, 0.05) is 37.9 Å². The number of nitrogens with zero attached hydrogens (tertiary/aromatic N) is 3. The molecule has 0 aromatic carbocycles. The third-order valence-electron chi connectivity index (χ3n) is 4.69. The summed E-state index contributed by atoms with van der Waals surface area (Å²) >= 11 is 1.41. The molecule has 0 aliphatic carbocycles. The number of hydrogen-bond acceptors (Lipinski definition) is 6. The monoisotopic (exact) mass is 363 g/mol. The summed E-state index contributed by atoms with van der Waals surface area (Å²) in [4.78, 5) is 17.9. The first-order valence-electron chi connectivity index (χ1n) is 8.47. The summed E-state index contributed by atoms with van der Waals surface area (Å²) < 4.78 is 7.15. The molecule has 2 aromatic rings. The first kappa shape index (κ1) is 18.0. The fourth-order valence-electron chi connectivity index (χ4n) is 3.25. The van der Waals surface area contributed by atoms with Crippen LogP contribution in [-0.4, -0.2) is 54.0 Å². The molecule has 3 rings (SSSR count). The van der Waals surface area contributed by atoms with E-state index in [0.29, 0.717) is 18.0 Å². The molecule has 2 aromatic heterocycles. The standard InChI is InChI=1S/C17H25N5O2S/c1-12-14(25-16(21-12)13-8-20-22(2)9-13)15(23)19-10-17(11-24-3)4-6-18-7-5-17/h8-9,18H,4-7,10-11H2,1-3H3,(H,19,23). The van der Waals surface area contributed by atoms with Crippen LogP contribution >= 0.6 is 11.3 Å². The van der Waals surface area contributed by atoms with Crippen molar-refractivity contribution >= 4 is 17.2 Å². The minimum Gasteiger partial charge on any atom is -0.384 e. The number of aromatic nitrogens is 3. The molecule has 136 valence electrons. The van der Waals surface area contributed by atoms with E-state index in [1.165, 1.54) is 11.3 Å². The van der Waals surface area contributed by atoms with Crippen LogP contribution in [0.4, 0.5) is 0 Å². The highest BCUT2D eigenvalue weighted by Gasteiger charge is 2.33. The van der Waals surface area contributed by atoms with Crippen LogP contribution in [0.3, 0.4) is 0 Å². The normalized spacial score (nSPS) is 16.8. The molecule has 0 bridgehead atoms. The van der Waals surface area contributed by atoms with Crippen LogP contribution in [0.5, 0.6) is 0 Å². The summed E-state index contributed by atoms with van der Waals surface area (Å²) in [6.07, 6.45) is 5.68. The Bertz CT molecular complexity index is 728. The Kier molecular flexibility index (Phi) is 5.51. The van der Waals surface area contributed by atoms with E-state index in [9.17, 15) is 4.79 Å². The molecule has 7 nitrogen and oxygen atoms in total. The molecule has 1 aliphatic heterocycles. The minimum atomic E-state index is -0.0563. The Morgan fingerprint density at radius 2 is 2.24 bits per heavy atom. The maximum absolute atomic E-state index is 12.7. The van der Waals surface area contributed by atoms with Crippen LogP contribution in [0.2, 0.25) is 0 Å². The summed E-state index contributed by atoms with van der Waals surface area (Å²) in [6, 6.07) is 0. The molecule has 1 saturated heterocycles. The molecule has 0 atom stereocenters. The highest BCUT2D eigenvalue weighted by atomic mass is 32.1. The number of methoxy groups -OCH3 is 1. The van der Waals surface area contributed by atoms with Crippen LogP contribution in [-0.2, 0) is 11.8 Å². The van der Waals surface area contributed by atoms with Crippen LogP contribution in [0, 0.1) is 12.3 Å². The van der Waals surface area contributed by atoms with Crippen molar-refractivity contribution in [3.63, 3.8) is 0 Å². The average Bonchev–Trinajstić information content (AvgIpc) is 3.20. The molecular formula is C17H25N5O2S. The topological polar surface area (TPSA) is 81.1 Å². The van der Waals surface area contributed by atoms with Gasteiger partial charge in [-0.2, -0.15) is 5.10 Å². The third-order valence-corrected chi connectivity index (χ3v) is 5.90. The van der Waals surface area contributed by atoms with Gasteiger partial charge in [-0.3, -0.25) is 9.48 Å². The van der Waals surface area contributed by atoms with E-state index in [2.05, 4.69) is 20.7 Å². The van der Waals surface area contributed by atoms with Gasteiger partial charge < -0.3 is 15.4 Å². The SMILES string of the molecule is COCC1(CNC(=O)c2sc(-c3cnn(C)c3)nc2C)CCNCC1. The molecular weight excluding hydrogens is 338 g/mol. The number of nitrogens with one attached hydrogen (secondary N) is 2. The van der Waals surface area contributed by atoms with Crippen molar-refractivity contribution in [2.75, 3.05) is 33.4 Å². The second kappa shape index (κ2) is 7.63. The lowest BCUT2D eigenvalue weighted by Crippen LogP contribution is -2.47. The summed E-state index contributed by atoms with van der Waals surface area (Å²) in [5, 5.41) is 11.5. The van der Waals surface area contributed by atoms with Crippen molar-refractivity contribution in [2.45, 2.75) is 19.8 Å². The Balaban J connectivity index is 1.69. The van der Waals surface area contributed by atoms with Gasteiger partial charge in [-0.15, -0.1) is 11.3 Å². The Labute approximate surface area is 151 Å². The lowest BCUT2D eigenvalue weighted by Gasteiger charge is -2.37. The van der Waals surface area contributed by atoms with Gasteiger partial charge in [0.1, 0.15) is 9.88 Å². The van der Waals surface area contributed by atoms with Crippen molar-refractivity contribution in [2.24, 2.45) is 12.5 Å². The number of ether oxygens (including phenoxy) is 1. The van der Waals surface area contributed by atoms with E-state index < -0.39 is 0 Å². The smallest absolute Gasteiger partial charge is 0.263 e. The molecule has 25 heavy (non-hydrogen) atoms. The van der Waals surface area contributed by atoms with Gasteiger partial charge in [-0.05, 0) is 32.9 Å². The predicted octanol–water partition coefficient (Wildman–Crippen LogP) is 1.60. The number of hydrogen-bond donors (Lipinski definition) is 2. The molecule has 8 heteroatoms. The highest BCUT2D eigenvalue weighted by molar-refractivity contribution is 7.17. The lowest BCUT2D eigenvalue weighted by atomic mass is 9.79. The van der Waals surface area contributed by atoms with Gasteiger partial charge in [0.2, 0.25) is 0 Å². The van der Waals surface area contributed by atoms with Crippen molar-refractivity contribution in [3.05, 3.63) is 23.0 Å². The summed E-state index contributed by atoms with van der Waals surface area (Å²) in [5.74, 6) is -0.0563. The average molecular weight is 363 g/mol. The Morgan fingerprint density at radius 1 is 1.48 bits per heavy atom. The molecule has 0 unspecified atom stereocenters. The van der Waals surface area contributed by atoms with E-state index in [4.69, 9.17) is 4.74 Å². The van der Waals surface area contributed by atoms with Gasteiger partial charge in [0.15, 0.2) is 0 Å². The number of thiazole rings is 1. The molecule has 3 heterocycles. The first-order valence-corrected chi connectivity index (χ1v) is 9.29. The van der Waals surface area contributed by atoms with Crippen LogP contribution in [0.15, 0.2) is 12.4 Å². The first-order chi connectivity index (χ1) is 12.0. The van der Waals surface area contributed by atoms with Crippen molar-refractivity contribution < 1.29 is 9.53 Å². The number of aryl methyl sites for hydroxylation is 2. The fraction of sp³-hybridized carbons (Fsp3) is 0.588. The minimum absolute atomic E-state index is 0.0143. The third kappa shape index (κ3) is 4.08. The van der Waals surface area contributed by atoms with Crippen LogP contribution < -0.4 is 10.6 Å². The van der Waals surface area contributed by atoms with Gasteiger partial charge in [-0.25, -0.2) is 4.98 Å². The largest absolute Gasteiger partial charge is 0.384 e. The maximum atomic E-state index is 12.7. The van der Waals surface area contributed by atoms with Gasteiger partial charge in [0.25, 0.3) is 5.91 Å². The Morgan fingerprint density at radius 3 is 2.88 bits per heavy atom. The Hall–Kier alpha value is -1.77. The second-order valence-corrected chi connectivity index (χ2v) is 7.70. The maximum Gasteiger partial charge on any atom is 0.263 e. The van der Waals surface area contributed by atoms with Crippen molar-refractivity contribution in [1.29, 1.82) is 0 Å². The van der Waals surface area contributed by atoms with E-state index in [0.717, 1.165) is 42.2 Å². The zero-order chi connectivity index (χ0) is 17.9. The molecule has 0 radical (unpaired) electrons. The zero-order valence-corrected chi connectivity index (χ0v) is 15.8. The van der Waals surface area contributed by atoms with E-state index >= 15 is 0 Å². The number of amides is 1. The molecule has 0 saturated carbocycles. The van der Waals surface area contributed by atoms with Gasteiger partial charge in [0.05, 0.1) is 18.5 Å². The van der Waals surface area contributed by atoms with Crippen molar-refractivity contribution in [1.82, 2.24) is 25.4 Å². The molecule has 1 amide bonds. The van der Waals surface area contributed by atoms with E-state index in [-0.39, 0.29) is 11.3 Å². The number of carbonyl (C=O) groups excluding carboxylic acids is 1. The van der Waals surface area contributed by atoms with E-state index in [1.54, 1.807) is 18.0 Å². The van der Waals surface area contributed by atoms with Crippen LogP contribution in [0.25, 0.3) is 10.6 Å². The summed E-state index contributed by atoms with van der Waals surface area (Å²) in [7, 11) is 3.59. The second-order valence-electron chi connectivity index (χ2n) is 6.70. The quantitative estimate of drug-likeness (QED) is 0.815. The zero-order valence-electron chi connectivity index (χ0n) is 15.0. The van der Waals surface area contributed by atoms with Crippen LogP contribution in [0.1, 0.15) is 28.2 Å². The summed E-state index contributed by atoms with van der Waals surface area (Å²) in [5.41, 5.74) is 1.71. The number of piperidine rings is 1. The molecule has 1 fully saturated rings. The van der Waals surface area contributed by atoms with E-state index in [1.807, 2.05) is 20.2 Å². The lowest BCUT2D eigenvalue weighted by molar-refractivity contribution is 0.0512. The summed E-state index contributed by atoms with van der Waals surface area (Å²) in [6.45, 7) is 5.09. The molecule has 1 aliphatic rings. The van der Waals surface area contributed by atoms with Gasteiger partial charge in [-0.1, -0.05) is 0 Å². The fourth-order valence-corrected chi connectivity index (χ4v) is 4.20. The number of rotatable bonds is 6.